The lowest BCUT2D eigenvalue weighted by atomic mass is 9.87. The summed E-state index contributed by atoms with van der Waals surface area (Å²) in [4.78, 5) is 20.7. The van der Waals surface area contributed by atoms with E-state index in [9.17, 15) is 4.79 Å². The molecule has 1 aliphatic carbocycles. The minimum atomic E-state index is 0.0418. The molecular formula is C19H34N4O2S. The molecule has 2 heterocycles. The number of rotatable bonds is 4. The average Bonchev–Trinajstić information content (AvgIpc) is 3.15. The number of ether oxygens (including phenoxy) is 1. The molecule has 0 aromatic heterocycles. The summed E-state index contributed by atoms with van der Waals surface area (Å²) >= 11 is 2.16. The minimum Gasteiger partial charge on any atom is -0.376 e. The Morgan fingerprint density at radius 2 is 2.12 bits per heavy atom. The Kier molecular flexibility index (Phi) is 7.09. The SMILES string of the molecule is CN(C)C(=O)CN=C(NCC1CCCO1)N1CCSC2(CCCCC2)C1. The van der Waals surface area contributed by atoms with Crippen LogP contribution < -0.4 is 5.32 Å². The van der Waals surface area contributed by atoms with Crippen LogP contribution in [-0.2, 0) is 9.53 Å². The Labute approximate surface area is 162 Å². The number of hydrogen-bond donors (Lipinski definition) is 1. The van der Waals surface area contributed by atoms with Crippen molar-refractivity contribution in [3.63, 3.8) is 0 Å². The van der Waals surface area contributed by atoms with Crippen LogP contribution in [0.1, 0.15) is 44.9 Å². The molecule has 3 fully saturated rings. The van der Waals surface area contributed by atoms with Crippen LogP contribution in [0.4, 0.5) is 0 Å². The molecule has 0 bridgehead atoms. The molecule has 148 valence electrons. The third-order valence-electron chi connectivity index (χ3n) is 5.69. The van der Waals surface area contributed by atoms with Gasteiger partial charge in [0.25, 0.3) is 0 Å². The zero-order valence-corrected chi connectivity index (χ0v) is 17.2. The van der Waals surface area contributed by atoms with Crippen LogP contribution in [0.2, 0.25) is 0 Å². The van der Waals surface area contributed by atoms with E-state index in [2.05, 4.69) is 27.0 Å². The molecule has 0 radical (unpaired) electrons. The van der Waals surface area contributed by atoms with E-state index in [0.29, 0.717) is 4.75 Å². The van der Waals surface area contributed by atoms with Gasteiger partial charge in [-0.25, -0.2) is 4.99 Å². The van der Waals surface area contributed by atoms with Crippen LogP contribution in [0.25, 0.3) is 0 Å². The molecule has 6 nitrogen and oxygen atoms in total. The predicted octanol–water partition coefficient (Wildman–Crippen LogP) is 1.95. The van der Waals surface area contributed by atoms with Gasteiger partial charge in [0, 0.05) is 50.8 Å². The highest BCUT2D eigenvalue weighted by molar-refractivity contribution is 8.00. The number of likely N-dealkylation sites (N-methyl/N-ethyl adjacent to an activating group) is 1. The molecular weight excluding hydrogens is 348 g/mol. The standard InChI is InChI=1S/C19H34N4O2S/c1-22(2)17(24)14-21-18(20-13-16-7-6-11-25-16)23-10-12-26-19(15-23)8-4-3-5-9-19/h16H,3-15H2,1-2H3,(H,20,21). The van der Waals surface area contributed by atoms with Gasteiger partial charge in [0.05, 0.1) is 6.10 Å². The number of carbonyl (C=O) groups excluding carboxylic acids is 1. The van der Waals surface area contributed by atoms with Crippen LogP contribution in [-0.4, -0.2) is 85.2 Å². The zero-order valence-electron chi connectivity index (χ0n) is 16.3. The van der Waals surface area contributed by atoms with E-state index in [1.54, 1.807) is 19.0 Å². The fraction of sp³-hybridized carbons (Fsp3) is 0.895. The summed E-state index contributed by atoms with van der Waals surface area (Å²) < 4.78 is 6.13. The Morgan fingerprint density at radius 1 is 1.31 bits per heavy atom. The summed E-state index contributed by atoms with van der Waals surface area (Å²) in [6, 6.07) is 0. The monoisotopic (exact) mass is 382 g/mol. The highest BCUT2D eigenvalue weighted by Gasteiger charge is 2.38. The molecule has 1 N–H and O–H groups in total. The number of aliphatic imine (C=N–C) groups is 1. The van der Waals surface area contributed by atoms with Gasteiger partial charge in [-0.05, 0) is 25.7 Å². The number of guanidine groups is 1. The maximum Gasteiger partial charge on any atom is 0.243 e. The molecule has 0 aromatic carbocycles. The van der Waals surface area contributed by atoms with E-state index in [-0.39, 0.29) is 18.6 Å². The Balaban J connectivity index is 1.66. The van der Waals surface area contributed by atoms with E-state index in [1.165, 1.54) is 32.1 Å². The second kappa shape index (κ2) is 9.31. The maximum atomic E-state index is 12.0. The first-order valence-corrected chi connectivity index (χ1v) is 11.1. The normalized spacial score (nSPS) is 26.2. The summed E-state index contributed by atoms with van der Waals surface area (Å²) in [5, 5.41) is 3.52. The largest absolute Gasteiger partial charge is 0.376 e. The van der Waals surface area contributed by atoms with Gasteiger partial charge >= 0.3 is 0 Å². The lowest BCUT2D eigenvalue weighted by Gasteiger charge is -2.45. The minimum absolute atomic E-state index is 0.0418. The summed E-state index contributed by atoms with van der Waals surface area (Å²) in [5.41, 5.74) is 0. The zero-order chi connectivity index (χ0) is 18.4. The van der Waals surface area contributed by atoms with Crippen molar-refractivity contribution in [2.75, 3.05) is 52.6 Å². The van der Waals surface area contributed by atoms with E-state index in [4.69, 9.17) is 4.74 Å². The van der Waals surface area contributed by atoms with Gasteiger partial charge in [-0.3, -0.25) is 4.79 Å². The predicted molar refractivity (Wildman–Crippen MR) is 108 cm³/mol. The van der Waals surface area contributed by atoms with Crippen molar-refractivity contribution in [1.29, 1.82) is 0 Å². The number of thioether (sulfide) groups is 1. The first-order valence-electron chi connectivity index (χ1n) is 10.1. The van der Waals surface area contributed by atoms with Gasteiger partial charge in [-0.1, -0.05) is 19.3 Å². The number of nitrogens with zero attached hydrogens (tertiary/aromatic N) is 3. The molecule has 3 rings (SSSR count). The summed E-state index contributed by atoms with van der Waals surface area (Å²) in [5.74, 6) is 2.07. The van der Waals surface area contributed by atoms with Crippen LogP contribution in [0.5, 0.6) is 0 Å². The molecule has 1 unspecified atom stereocenters. The average molecular weight is 383 g/mol. The summed E-state index contributed by atoms with van der Waals surface area (Å²) in [6.07, 6.45) is 9.20. The van der Waals surface area contributed by atoms with Gasteiger partial charge in [0.1, 0.15) is 6.54 Å². The fourth-order valence-electron chi connectivity index (χ4n) is 4.09. The van der Waals surface area contributed by atoms with E-state index in [0.717, 1.165) is 50.8 Å². The number of hydrogen-bond acceptors (Lipinski definition) is 4. The Bertz CT molecular complexity index is 494. The molecule has 3 aliphatic rings. The highest BCUT2D eigenvalue weighted by atomic mass is 32.2. The third-order valence-corrected chi connectivity index (χ3v) is 7.22. The molecule has 2 aliphatic heterocycles. The van der Waals surface area contributed by atoms with Crippen molar-refractivity contribution in [2.24, 2.45) is 4.99 Å². The quantitative estimate of drug-likeness (QED) is 0.595. The van der Waals surface area contributed by atoms with Crippen molar-refractivity contribution in [3.8, 4) is 0 Å². The fourth-order valence-corrected chi connectivity index (χ4v) is 5.66. The summed E-state index contributed by atoms with van der Waals surface area (Å²) in [7, 11) is 3.57. The molecule has 0 aromatic rings. The first kappa shape index (κ1) is 19.8. The van der Waals surface area contributed by atoms with Crippen molar-refractivity contribution < 1.29 is 9.53 Å². The van der Waals surface area contributed by atoms with Crippen molar-refractivity contribution in [2.45, 2.75) is 55.8 Å². The van der Waals surface area contributed by atoms with Crippen molar-refractivity contribution in [3.05, 3.63) is 0 Å². The highest BCUT2D eigenvalue weighted by Crippen LogP contribution is 2.42. The second-order valence-electron chi connectivity index (χ2n) is 7.96. The molecule has 2 saturated heterocycles. The van der Waals surface area contributed by atoms with Gasteiger partial charge in [0.2, 0.25) is 5.91 Å². The molecule has 26 heavy (non-hydrogen) atoms. The number of amides is 1. The molecule has 1 saturated carbocycles. The van der Waals surface area contributed by atoms with E-state index >= 15 is 0 Å². The first-order chi connectivity index (χ1) is 12.6. The molecule has 7 heteroatoms. The van der Waals surface area contributed by atoms with E-state index in [1.807, 2.05) is 0 Å². The molecule has 1 atom stereocenters. The van der Waals surface area contributed by atoms with E-state index < -0.39 is 0 Å². The number of carbonyl (C=O) groups is 1. The van der Waals surface area contributed by atoms with Gasteiger partial charge in [0.15, 0.2) is 5.96 Å². The van der Waals surface area contributed by atoms with Crippen molar-refractivity contribution >= 4 is 23.6 Å². The maximum absolute atomic E-state index is 12.0. The van der Waals surface area contributed by atoms with Gasteiger partial charge < -0.3 is 19.9 Å². The topological polar surface area (TPSA) is 57.2 Å². The van der Waals surface area contributed by atoms with Crippen molar-refractivity contribution in [1.82, 2.24) is 15.1 Å². The third kappa shape index (κ3) is 5.28. The van der Waals surface area contributed by atoms with Crippen LogP contribution in [0.15, 0.2) is 4.99 Å². The van der Waals surface area contributed by atoms with Crippen LogP contribution >= 0.6 is 11.8 Å². The van der Waals surface area contributed by atoms with Gasteiger partial charge in [-0.15, -0.1) is 0 Å². The van der Waals surface area contributed by atoms with Crippen LogP contribution in [0, 0.1) is 0 Å². The van der Waals surface area contributed by atoms with Crippen LogP contribution in [0.3, 0.4) is 0 Å². The Morgan fingerprint density at radius 3 is 2.81 bits per heavy atom. The molecule has 1 spiro atoms. The lowest BCUT2D eigenvalue weighted by molar-refractivity contribution is -0.127. The Hall–Kier alpha value is -0.950. The summed E-state index contributed by atoms with van der Waals surface area (Å²) in [6.45, 7) is 3.90. The van der Waals surface area contributed by atoms with Gasteiger partial charge in [-0.2, -0.15) is 11.8 Å². The second-order valence-corrected chi connectivity index (χ2v) is 9.52. The lowest BCUT2D eigenvalue weighted by Crippen LogP contribution is -2.54. The molecule has 1 amide bonds. The smallest absolute Gasteiger partial charge is 0.243 e. The number of nitrogens with one attached hydrogen (secondary N) is 1.